The van der Waals surface area contributed by atoms with E-state index in [0.29, 0.717) is 0 Å². The van der Waals surface area contributed by atoms with Gasteiger partial charge in [0.1, 0.15) is 6.10 Å². The number of aliphatic hydroxyl groups excluding tert-OH is 1. The zero-order chi connectivity index (χ0) is 13.3. The summed E-state index contributed by atoms with van der Waals surface area (Å²) in [6.07, 6.45) is 2.83. The molecule has 1 saturated carbocycles. The number of aliphatic hydroxyl groups is 1. The fraction of sp³-hybridized carbons (Fsp3) is 0.667. The van der Waals surface area contributed by atoms with Crippen molar-refractivity contribution in [1.29, 1.82) is 0 Å². The number of ketones is 1. The number of ether oxygens (including phenoxy) is 1. The first-order valence-corrected chi connectivity index (χ1v) is 6.62. The molecule has 98 valence electrons. The van der Waals surface area contributed by atoms with Gasteiger partial charge in [0.2, 0.25) is 0 Å². The lowest BCUT2D eigenvalue weighted by atomic mass is 9.57. The number of hydrogen-bond donors (Lipinski definition) is 1. The molecule has 0 unspecified atom stereocenters. The number of hydrogen-bond acceptors (Lipinski definition) is 3. The molecule has 0 aromatic heterocycles. The highest BCUT2D eigenvalue weighted by Crippen LogP contribution is 2.63. The van der Waals surface area contributed by atoms with Crippen LogP contribution in [-0.4, -0.2) is 28.7 Å². The second-order valence-electron chi connectivity index (χ2n) is 6.23. The SMILES string of the molecule is C=C(C)[C@]12O[C@H]1[C@@]1(C)C(=CC2=O)CC[C@@H](O)[C@@H]1C. The third-order valence-corrected chi connectivity index (χ3v) is 5.39. The second kappa shape index (κ2) is 3.34. The van der Waals surface area contributed by atoms with Crippen LogP contribution in [0, 0.1) is 11.3 Å². The number of carbonyl (C=O) groups is 1. The van der Waals surface area contributed by atoms with Gasteiger partial charge in [-0.25, -0.2) is 0 Å². The normalized spacial score (nSPS) is 50.1. The standard InChI is InChI=1S/C15H20O3/c1-8(2)15-12(17)7-10-5-6-11(16)9(3)14(10,4)13(15)18-15/h7,9,11,13,16H,1,5-6H2,2-4H3/t9-,11+,13-,14+,15+/m0/s1. The number of rotatable bonds is 1. The maximum absolute atomic E-state index is 12.3. The zero-order valence-electron chi connectivity index (χ0n) is 11.2. The third-order valence-electron chi connectivity index (χ3n) is 5.39. The molecule has 1 N–H and O–H groups in total. The Hall–Kier alpha value is -0.930. The number of carbonyl (C=O) groups excluding carboxylic acids is 1. The Morgan fingerprint density at radius 3 is 2.89 bits per heavy atom. The van der Waals surface area contributed by atoms with Crippen LogP contribution in [0.2, 0.25) is 0 Å². The molecule has 18 heavy (non-hydrogen) atoms. The Morgan fingerprint density at radius 1 is 1.61 bits per heavy atom. The van der Waals surface area contributed by atoms with Crippen molar-refractivity contribution in [1.82, 2.24) is 0 Å². The quantitative estimate of drug-likeness (QED) is 0.570. The van der Waals surface area contributed by atoms with Crippen molar-refractivity contribution < 1.29 is 14.6 Å². The molecular formula is C15H20O3. The average molecular weight is 248 g/mol. The van der Waals surface area contributed by atoms with E-state index in [4.69, 9.17) is 4.74 Å². The van der Waals surface area contributed by atoms with Crippen LogP contribution >= 0.6 is 0 Å². The lowest BCUT2D eigenvalue weighted by molar-refractivity contribution is -0.118. The van der Waals surface area contributed by atoms with Crippen LogP contribution in [0.1, 0.15) is 33.6 Å². The van der Waals surface area contributed by atoms with E-state index in [9.17, 15) is 9.90 Å². The lowest BCUT2D eigenvalue weighted by Crippen LogP contribution is -2.50. The van der Waals surface area contributed by atoms with Gasteiger partial charge in [0.05, 0.1) is 6.10 Å². The summed E-state index contributed by atoms with van der Waals surface area (Å²) in [4.78, 5) is 12.3. The molecule has 0 aromatic carbocycles. The largest absolute Gasteiger partial charge is 0.393 e. The van der Waals surface area contributed by atoms with Crippen LogP contribution in [-0.2, 0) is 9.53 Å². The summed E-state index contributed by atoms with van der Waals surface area (Å²) in [6, 6.07) is 0. The number of epoxide rings is 1. The molecule has 3 heteroatoms. The van der Waals surface area contributed by atoms with Gasteiger partial charge in [-0.05, 0) is 37.3 Å². The van der Waals surface area contributed by atoms with Crippen molar-refractivity contribution >= 4 is 5.78 Å². The molecule has 5 atom stereocenters. The smallest absolute Gasteiger partial charge is 0.194 e. The van der Waals surface area contributed by atoms with Crippen molar-refractivity contribution in [3.05, 3.63) is 23.8 Å². The Morgan fingerprint density at radius 2 is 2.28 bits per heavy atom. The Balaban J connectivity index is 2.10. The van der Waals surface area contributed by atoms with E-state index in [1.165, 1.54) is 0 Å². The first-order valence-electron chi connectivity index (χ1n) is 6.62. The highest BCUT2D eigenvalue weighted by atomic mass is 16.6. The van der Waals surface area contributed by atoms with E-state index >= 15 is 0 Å². The van der Waals surface area contributed by atoms with Crippen molar-refractivity contribution in [3.63, 3.8) is 0 Å². The summed E-state index contributed by atoms with van der Waals surface area (Å²) in [6.45, 7) is 9.94. The van der Waals surface area contributed by atoms with E-state index in [0.717, 1.165) is 24.0 Å². The molecule has 0 aromatic rings. The van der Waals surface area contributed by atoms with Crippen molar-refractivity contribution in [3.8, 4) is 0 Å². The van der Waals surface area contributed by atoms with Gasteiger partial charge in [0.15, 0.2) is 11.4 Å². The maximum Gasteiger partial charge on any atom is 0.194 e. The maximum atomic E-state index is 12.3. The Kier molecular flexibility index (Phi) is 2.25. The van der Waals surface area contributed by atoms with Crippen LogP contribution in [0.5, 0.6) is 0 Å². The van der Waals surface area contributed by atoms with Gasteiger partial charge < -0.3 is 9.84 Å². The van der Waals surface area contributed by atoms with E-state index < -0.39 is 5.60 Å². The molecule has 3 rings (SSSR count). The van der Waals surface area contributed by atoms with E-state index in [2.05, 4.69) is 20.4 Å². The second-order valence-corrected chi connectivity index (χ2v) is 6.23. The molecule has 0 radical (unpaired) electrons. The first kappa shape index (κ1) is 12.1. The summed E-state index contributed by atoms with van der Waals surface area (Å²) < 4.78 is 5.82. The van der Waals surface area contributed by atoms with Gasteiger partial charge in [-0.1, -0.05) is 26.0 Å². The molecule has 0 amide bonds. The van der Waals surface area contributed by atoms with Crippen molar-refractivity contribution in [2.24, 2.45) is 11.3 Å². The van der Waals surface area contributed by atoms with Crippen molar-refractivity contribution in [2.75, 3.05) is 0 Å². The molecule has 1 aliphatic heterocycles. The minimum absolute atomic E-state index is 0.0380. The predicted molar refractivity (Wildman–Crippen MR) is 68.0 cm³/mol. The van der Waals surface area contributed by atoms with Crippen LogP contribution in [0.15, 0.2) is 23.8 Å². The number of fused-ring (bicyclic) bond motifs is 3. The van der Waals surface area contributed by atoms with Gasteiger partial charge >= 0.3 is 0 Å². The van der Waals surface area contributed by atoms with E-state index in [-0.39, 0.29) is 29.3 Å². The van der Waals surface area contributed by atoms with Gasteiger partial charge in [0, 0.05) is 5.41 Å². The summed E-state index contributed by atoms with van der Waals surface area (Å²) >= 11 is 0. The molecule has 0 spiro atoms. The molecule has 2 fully saturated rings. The predicted octanol–water partition coefficient (Wildman–Crippen LogP) is 2.01. The monoisotopic (exact) mass is 248 g/mol. The third kappa shape index (κ3) is 1.14. The van der Waals surface area contributed by atoms with Crippen LogP contribution < -0.4 is 0 Å². The van der Waals surface area contributed by atoms with Gasteiger partial charge in [-0.3, -0.25) is 4.79 Å². The minimum atomic E-state index is -0.802. The molecule has 1 heterocycles. The van der Waals surface area contributed by atoms with Gasteiger partial charge in [-0.15, -0.1) is 0 Å². The summed E-state index contributed by atoms with van der Waals surface area (Å²) in [5.41, 5.74) is 0.889. The van der Waals surface area contributed by atoms with E-state index in [1.54, 1.807) is 6.08 Å². The summed E-state index contributed by atoms with van der Waals surface area (Å²) in [7, 11) is 0. The Bertz CT molecular complexity index is 478. The molecule has 3 aliphatic rings. The molecule has 0 bridgehead atoms. The van der Waals surface area contributed by atoms with Crippen LogP contribution in [0.25, 0.3) is 0 Å². The first-order chi connectivity index (χ1) is 8.35. The fourth-order valence-corrected chi connectivity index (χ4v) is 3.83. The van der Waals surface area contributed by atoms with Gasteiger partial charge in [-0.2, -0.15) is 0 Å². The highest BCUT2D eigenvalue weighted by molar-refractivity contribution is 6.04. The summed E-state index contributed by atoms with van der Waals surface area (Å²) in [5.74, 6) is 0.146. The topological polar surface area (TPSA) is 49.8 Å². The molecular weight excluding hydrogens is 228 g/mol. The van der Waals surface area contributed by atoms with Crippen molar-refractivity contribution in [2.45, 2.75) is 51.4 Å². The van der Waals surface area contributed by atoms with Gasteiger partial charge in [0.25, 0.3) is 0 Å². The summed E-state index contributed by atoms with van der Waals surface area (Å²) in [5, 5.41) is 10.1. The van der Waals surface area contributed by atoms with Crippen LogP contribution in [0.4, 0.5) is 0 Å². The average Bonchev–Trinajstić information content (AvgIpc) is 3.06. The van der Waals surface area contributed by atoms with E-state index in [1.807, 2.05) is 6.92 Å². The lowest BCUT2D eigenvalue weighted by Gasteiger charge is -2.46. The highest BCUT2D eigenvalue weighted by Gasteiger charge is 2.73. The van der Waals surface area contributed by atoms with Crippen LogP contribution in [0.3, 0.4) is 0 Å². The minimum Gasteiger partial charge on any atom is -0.393 e. The molecule has 3 nitrogen and oxygen atoms in total. The fourth-order valence-electron chi connectivity index (χ4n) is 3.83. The Labute approximate surface area is 108 Å². The molecule has 2 aliphatic carbocycles. The molecule has 1 saturated heterocycles. The zero-order valence-corrected chi connectivity index (χ0v) is 11.2.